The molecule has 0 radical (unpaired) electrons. The van der Waals surface area contributed by atoms with Crippen molar-refractivity contribution in [3.8, 4) is 0 Å². The van der Waals surface area contributed by atoms with Crippen LogP contribution in [-0.4, -0.2) is 52.3 Å². The molecular weight excluding hydrogens is 619 g/mol. The third kappa shape index (κ3) is 34.6. The number of rotatable bonds is 29. The summed E-state index contributed by atoms with van der Waals surface area (Å²) in [6.45, 7) is 5.61. The fourth-order valence-electron chi connectivity index (χ4n) is 4.19. The number of aliphatic hydroxyl groups excluding tert-OH is 1. The maximum atomic E-state index is 12.3. The molecule has 268 valence electrons. The first kappa shape index (κ1) is 44.5. The number of unbranched alkanes of at least 4 members (excludes halogenated alkanes) is 5. The number of aliphatic hydroxyl groups is 1. The number of hydrogen-bond donors (Lipinski definition) is 3. The molecule has 0 amide bonds. The van der Waals surface area contributed by atoms with Gasteiger partial charge in [0.25, 0.3) is 0 Å². The van der Waals surface area contributed by atoms with E-state index in [0.29, 0.717) is 31.6 Å². The van der Waals surface area contributed by atoms with E-state index >= 15 is 0 Å². The fraction of sp³-hybridized carbons (Fsp3) is 0.622. The molecule has 0 spiro atoms. The van der Waals surface area contributed by atoms with Crippen LogP contribution in [0.3, 0.4) is 0 Å². The van der Waals surface area contributed by atoms with Gasteiger partial charge in [0, 0.05) is 12.8 Å². The molecule has 0 saturated carbocycles. The van der Waals surface area contributed by atoms with Gasteiger partial charge in [0.2, 0.25) is 0 Å². The monoisotopic (exact) mass is 680 g/mol. The Hall–Kier alpha value is -2.55. The minimum absolute atomic E-state index is 0.115. The zero-order valence-electron chi connectivity index (χ0n) is 28.9. The van der Waals surface area contributed by atoms with Gasteiger partial charge in [-0.15, -0.1) is 0 Å². The lowest BCUT2D eigenvalue weighted by atomic mass is 10.0. The Bertz CT molecular complexity index is 1020. The van der Waals surface area contributed by atoms with Gasteiger partial charge in [0.05, 0.1) is 12.7 Å². The summed E-state index contributed by atoms with van der Waals surface area (Å²) in [4.78, 5) is 42.4. The van der Waals surface area contributed by atoms with Gasteiger partial charge < -0.3 is 24.4 Å². The molecule has 0 aliphatic carbocycles. The predicted octanol–water partition coefficient (Wildman–Crippen LogP) is 8.78. The summed E-state index contributed by atoms with van der Waals surface area (Å²) in [7, 11) is -4.77. The SMILES string of the molecule is CC/C=C\C/C=C\CC(O)/C=C/C=C\C/C=C\C/C=C\CCC(=O)OC[C@H](COP(=O)(O)O)OC(=O)CCCCCCCCC(C)C. The number of carbonyl (C=O) groups excluding carboxylic acids is 2. The van der Waals surface area contributed by atoms with Crippen molar-refractivity contribution in [2.24, 2.45) is 5.92 Å². The summed E-state index contributed by atoms with van der Waals surface area (Å²) in [5.41, 5.74) is 0. The van der Waals surface area contributed by atoms with E-state index in [1.807, 2.05) is 48.6 Å². The molecule has 0 aliphatic heterocycles. The van der Waals surface area contributed by atoms with Crippen molar-refractivity contribution in [1.82, 2.24) is 0 Å². The highest BCUT2D eigenvalue weighted by molar-refractivity contribution is 7.46. The molecule has 0 heterocycles. The highest BCUT2D eigenvalue weighted by atomic mass is 31.2. The topological polar surface area (TPSA) is 140 Å². The van der Waals surface area contributed by atoms with Gasteiger partial charge in [-0.25, -0.2) is 4.57 Å². The minimum atomic E-state index is -4.77. The third-order valence-electron chi connectivity index (χ3n) is 6.76. The Balaban J connectivity index is 4.22. The second-order valence-corrected chi connectivity index (χ2v) is 13.0. The summed E-state index contributed by atoms with van der Waals surface area (Å²) in [6, 6.07) is 0. The summed E-state index contributed by atoms with van der Waals surface area (Å²) in [5, 5.41) is 9.94. The average molecular weight is 681 g/mol. The van der Waals surface area contributed by atoms with Crippen molar-refractivity contribution in [2.75, 3.05) is 13.2 Å². The molecule has 47 heavy (non-hydrogen) atoms. The molecule has 0 fully saturated rings. The van der Waals surface area contributed by atoms with Gasteiger partial charge >= 0.3 is 19.8 Å². The molecule has 10 heteroatoms. The van der Waals surface area contributed by atoms with Crippen molar-refractivity contribution in [1.29, 1.82) is 0 Å². The molecule has 9 nitrogen and oxygen atoms in total. The average Bonchev–Trinajstić information content (AvgIpc) is 3.01. The summed E-state index contributed by atoms with van der Waals surface area (Å²) >= 11 is 0. The van der Waals surface area contributed by atoms with E-state index < -0.39 is 38.6 Å². The van der Waals surface area contributed by atoms with Crippen molar-refractivity contribution in [3.05, 3.63) is 72.9 Å². The molecule has 0 aromatic rings. The Morgan fingerprint density at radius 3 is 2.02 bits per heavy atom. The molecule has 0 aromatic carbocycles. The lowest BCUT2D eigenvalue weighted by molar-refractivity contribution is -0.161. The molecule has 0 rings (SSSR count). The Morgan fingerprint density at radius 1 is 0.723 bits per heavy atom. The highest BCUT2D eigenvalue weighted by Gasteiger charge is 2.22. The minimum Gasteiger partial charge on any atom is -0.462 e. The zero-order chi connectivity index (χ0) is 35.0. The maximum Gasteiger partial charge on any atom is 0.469 e. The smallest absolute Gasteiger partial charge is 0.462 e. The van der Waals surface area contributed by atoms with Gasteiger partial charge in [0.1, 0.15) is 6.61 Å². The van der Waals surface area contributed by atoms with E-state index in [1.165, 1.54) is 19.3 Å². The van der Waals surface area contributed by atoms with Crippen LogP contribution in [0.2, 0.25) is 0 Å². The van der Waals surface area contributed by atoms with E-state index in [4.69, 9.17) is 19.3 Å². The molecule has 0 aliphatic rings. The third-order valence-corrected chi connectivity index (χ3v) is 7.25. The van der Waals surface area contributed by atoms with Gasteiger partial charge in [-0.2, -0.15) is 0 Å². The Morgan fingerprint density at radius 2 is 1.34 bits per heavy atom. The van der Waals surface area contributed by atoms with Crippen LogP contribution in [0.4, 0.5) is 0 Å². The highest BCUT2D eigenvalue weighted by Crippen LogP contribution is 2.35. The van der Waals surface area contributed by atoms with Gasteiger partial charge in [-0.05, 0) is 50.9 Å². The normalized spacial score (nSPS) is 14.2. The number of phosphoric ester groups is 1. The van der Waals surface area contributed by atoms with E-state index in [9.17, 15) is 19.3 Å². The van der Waals surface area contributed by atoms with Crippen LogP contribution in [0.25, 0.3) is 0 Å². The van der Waals surface area contributed by atoms with E-state index in [-0.39, 0.29) is 19.4 Å². The summed E-state index contributed by atoms with van der Waals surface area (Å²) in [6.07, 6.45) is 34.2. The lowest BCUT2D eigenvalue weighted by Gasteiger charge is -2.18. The first-order valence-electron chi connectivity index (χ1n) is 17.2. The predicted molar refractivity (Wildman–Crippen MR) is 189 cm³/mol. The summed E-state index contributed by atoms with van der Waals surface area (Å²) in [5.74, 6) is -0.312. The second-order valence-electron chi connectivity index (χ2n) is 11.8. The number of ether oxygens (including phenoxy) is 2. The van der Waals surface area contributed by atoms with Crippen molar-refractivity contribution in [2.45, 2.75) is 129 Å². The Kier molecular flexibility index (Phi) is 29.1. The van der Waals surface area contributed by atoms with Crippen LogP contribution < -0.4 is 0 Å². The number of phosphoric acid groups is 1. The second kappa shape index (κ2) is 30.8. The Labute approximate surface area is 283 Å². The van der Waals surface area contributed by atoms with Crippen LogP contribution in [0, 0.1) is 5.92 Å². The van der Waals surface area contributed by atoms with E-state index in [2.05, 4.69) is 43.5 Å². The van der Waals surface area contributed by atoms with Crippen LogP contribution in [-0.2, 0) is 28.2 Å². The van der Waals surface area contributed by atoms with E-state index in [1.54, 1.807) is 6.08 Å². The molecular formula is C37H61O9P. The van der Waals surface area contributed by atoms with Crippen LogP contribution in [0.5, 0.6) is 0 Å². The van der Waals surface area contributed by atoms with Crippen LogP contribution >= 0.6 is 7.82 Å². The van der Waals surface area contributed by atoms with Gasteiger partial charge in [-0.3, -0.25) is 14.1 Å². The molecule has 0 aromatic heterocycles. The molecule has 0 bridgehead atoms. The molecule has 2 atom stereocenters. The quantitative estimate of drug-likeness (QED) is 0.0233. The summed E-state index contributed by atoms with van der Waals surface area (Å²) < 4.78 is 26.1. The molecule has 3 N–H and O–H groups in total. The van der Waals surface area contributed by atoms with Crippen molar-refractivity contribution in [3.63, 3.8) is 0 Å². The van der Waals surface area contributed by atoms with Crippen LogP contribution in [0.1, 0.15) is 117 Å². The number of carbonyl (C=O) groups is 2. The van der Waals surface area contributed by atoms with Crippen LogP contribution in [0.15, 0.2) is 72.9 Å². The fourth-order valence-corrected chi connectivity index (χ4v) is 4.56. The number of hydrogen-bond acceptors (Lipinski definition) is 7. The lowest BCUT2D eigenvalue weighted by Crippen LogP contribution is -2.29. The standard InChI is InChI=1S/C37H61O9P/c1-4-5-6-7-17-22-27-34(38)28-23-18-12-10-8-9-11-13-19-24-29-36(39)44-31-35(32-45-47(41,42)43)46-37(40)30-25-20-15-14-16-21-26-33(2)3/h5-6,8-9,12-13,17-19,22-23,28,33-35,38H,4,7,10-11,14-16,20-21,24-27,29-32H2,1-3H3,(H2,41,42,43)/b6-5-,9-8-,18-12-,19-13-,22-17-,28-23+/t34?,35-/m1/s1. The largest absolute Gasteiger partial charge is 0.469 e. The first-order chi connectivity index (χ1) is 22.5. The molecule has 0 saturated heterocycles. The first-order valence-corrected chi connectivity index (χ1v) is 18.7. The van der Waals surface area contributed by atoms with E-state index in [0.717, 1.165) is 38.5 Å². The van der Waals surface area contributed by atoms with Crippen molar-refractivity contribution < 1.29 is 43.0 Å². The zero-order valence-corrected chi connectivity index (χ0v) is 29.8. The van der Waals surface area contributed by atoms with Gasteiger partial charge in [0.15, 0.2) is 6.10 Å². The van der Waals surface area contributed by atoms with Crippen molar-refractivity contribution >= 4 is 19.8 Å². The number of allylic oxidation sites excluding steroid dienone is 10. The van der Waals surface area contributed by atoms with Gasteiger partial charge in [-0.1, -0.05) is 132 Å². The maximum absolute atomic E-state index is 12.3. The number of esters is 2. The molecule has 1 unspecified atom stereocenters.